The van der Waals surface area contributed by atoms with E-state index >= 15 is 0 Å². The minimum absolute atomic E-state index is 0.0715. The fraction of sp³-hybridized carbons (Fsp3) is 0.514. The van der Waals surface area contributed by atoms with Gasteiger partial charge in [0.15, 0.2) is 0 Å². The SMILES string of the molecule is Cc1ccc(-n2nc(C(C)(C)C)cc2NC(=O)Nc2ccc(C(C(=O)C3CCCCCC3)C3CCNCC3)cc2)cc1. The highest BCUT2D eigenvalue weighted by atomic mass is 16.2. The van der Waals surface area contributed by atoms with Gasteiger partial charge in [0, 0.05) is 29.0 Å². The molecule has 1 saturated heterocycles. The molecule has 5 rings (SSSR count). The molecule has 1 aliphatic heterocycles. The summed E-state index contributed by atoms with van der Waals surface area (Å²) in [5.74, 6) is 1.51. The van der Waals surface area contributed by atoms with Crippen LogP contribution in [0.1, 0.15) is 94.9 Å². The molecule has 2 aromatic carbocycles. The Morgan fingerprint density at radius 2 is 1.52 bits per heavy atom. The molecule has 2 fully saturated rings. The van der Waals surface area contributed by atoms with Gasteiger partial charge in [-0.05, 0) is 81.4 Å². The average molecular weight is 570 g/mol. The Hall–Kier alpha value is -3.45. The summed E-state index contributed by atoms with van der Waals surface area (Å²) in [6.45, 7) is 10.3. The summed E-state index contributed by atoms with van der Waals surface area (Å²) >= 11 is 0. The van der Waals surface area contributed by atoms with Crippen molar-refractivity contribution >= 4 is 23.3 Å². The number of anilines is 2. The predicted molar refractivity (Wildman–Crippen MR) is 171 cm³/mol. The highest BCUT2D eigenvalue weighted by molar-refractivity contribution is 5.99. The number of nitrogens with zero attached hydrogens (tertiary/aromatic N) is 2. The van der Waals surface area contributed by atoms with E-state index in [1.54, 1.807) is 4.68 Å². The molecule has 1 unspecified atom stereocenters. The van der Waals surface area contributed by atoms with Crippen molar-refractivity contribution in [3.63, 3.8) is 0 Å². The molecule has 1 saturated carbocycles. The van der Waals surface area contributed by atoms with Crippen LogP contribution in [0.2, 0.25) is 0 Å². The van der Waals surface area contributed by atoms with Crippen molar-refractivity contribution in [2.24, 2.45) is 11.8 Å². The maximum atomic E-state index is 13.9. The molecule has 0 spiro atoms. The van der Waals surface area contributed by atoms with Crippen molar-refractivity contribution in [2.75, 3.05) is 23.7 Å². The van der Waals surface area contributed by atoms with Gasteiger partial charge in [-0.1, -0.05) is 76.3 Å². The topological polar surface area (TPSA) is 88.1 Å². The zero-order valence-electron chi connectivity index (χ0n) is 25.7. The zero-order chi connectivity index (χ0) is 29.7. The average Bonchev–Trinajstić information content (AvgIpc) is 3.20. The van der Waals surface area contributed by atoms with E-state index in [4.69, 9.17) is 5.10 Å². The zero-order valence-corrected chi connectivity index (χ0v) is 25.7. The van der Waals surface area contributed by atoms with Gasteiger partial charge in [-0.25, -0.2) is 9.48 Å². The van der Waals surface area contributed by atoms with Crippen molar-refractivity contribution in [1.29, 1.82) is 0 Å². The first-order chi connectivity index (χ1) is 20.2. The smallest absolute Gasteiger partial charge is 0.317 e. The summed E-state index contributed by atoms with van der Waals surface area (Å²) in [5, 5.41) is 14.3. The number of hydrogen-bond donors (Lipinski definition) is 3. The number of ketones is 1. The molecule has 1 aromatic heterocycles. The maximum absolute atomic E-state index is 13.9. The second kappa shape index (κ2) is 13.2. The van der Waals surface area contributed by atoms with Gasteiger partial charge in [0.25, 0.3) is 0 Å². The fourth-order valence-electron chi connectivity index (χ4n) is 6.44. The summed E-state index contributed by atoms with van der Waals surface area (Å²) in [5.41, 5.74) is 4.55. The number of aromatic nitrogens is 2. The van der Waals surface area contributed by atoms with E-state index < -0.39 is 0 Å². The lowest BCUT2D eigenvalue weighted by Gasteiger charge is -2.32. The summed E-state index contributed by atoms with van der Waals surface area (Å²) in [4.78, 5) is 27.1. The molecule has 1 aliphatic carbocycles. The molecule has 2 heterocycles. The van der Waals surface area contributed by atoms with E-state index in [0.717, 1.165) is 74.1 Å². The lowest BCUT2D eigenvalue weighted by Crippen LogP contribution is -2.35. The van der Waals surface area contributed by atoms with Crippen LogP contribution in [-0.2, 0) is 10.2 Å². The van der Waals surface area contributed by atoms with Crippen LogP contribution in [0.15, 0.2) is 54.6 Å². The third-order valence-corrected chi connectivity index (χ3v) is 8.94. The molecule has 0 bridgehead atoms. The Morgan fingerprint density at radius 1 is 0.881 bits per heavy atom. The van der Waals surface area contributed by atoms with Crippen LogP contribution in [0.25, 0.3) is 5.69 Å². The largest absolute Gasteiger partial charge is 0.324 e. The van der Waals surface area contributed by atoms with Crippen molar-refractivity contribution in [3.05, 3.63) is 71.4 Å². The van der Waals surface area contributed by atoms with Crippen LogP contribution >= 0.6 is 0 Å². The minimum Gasteiger partial charge on any atom is -0.317 e. The van der Waals surface area contributed by atoms with Crippen molar-refractivity contribution in [3.8, 4) is 5.69 Å². The van der Waals surface area contributed by atoms with Gasteiger partial charge in [-0.2, -0.15) is 5.10 Å². The van der Waals surface area contributed by atoms with E-state index in [1.807, 2.05) is 61.5 Å². The van der Waals surface area contributed by atoms with Gasteiger partial charge >= 0.3 is 6.03 Å². The number of carbonyl (C=O) groups is 2. The van der Waals surface area contributed by atoms with Crippen LogP contribution < -0.4 is 16.0 Å². The summed E-state index contributed by atoms with van der Waals surface area (Å²) < 4.78 is 1.78. The lowest BCUT2D eigenvalue weighted by molar-refractivity contribution is -0.126. The third kappa shape index (κ3) is 7.30. The number of amides is 2. The summed E-state index contributed by atoms with van der Waals surface area (Å²) in [7, 11) is 0. The van der Waals surface area contributed by atoms with E-state index in [9.17, 15) is 9.59 Å². The normalized spacial score (nSPS) is 17.8. The van der Waals surface area contributed by atoms with Gasteiger partial charge in [-0.15, -0.1) is 0 Å². The van der Waals surface area contributed by atoms with Gasteiger partial charge < -0.3 is 10.6 Å². The number of Topliss-reactive ketones (excluding diaryl/α,β-unsaturated/α-hetero) is 1. The number of rotatable bonds is 7. The second-order valence-electron chi connectivity index (χ2n) is 13.3. The first-order valence-electron chi connectivity index (χ1n) is 15.8. The van der Waals surface area contributed by atoms with Gasteiger partial charge in [-0.3, -0.25) is 10.1 Å². The van der Waals surface area contributed by atoms with Crippen molar-refractivity contribution < 1.29 is 9.59 Å². The molecule has 3 aromatic rings. The summed E-state index contributed by atoms with van der Waals surface area (Å²) in [6, 6.07) is 17.6. The first-order valence-corrected chi connectivity index (χ1v) is 15.8. The van der Waals surface area contributed by atoms with Gasteiger partial charge in [0.05, 0.1) is 11.4 Å². The summed E-state index contributed by atoms with van der Waals surface area (Å²) in [6.07, 6.45) is 8.90. The molecule has 3 N–H and O–H groups in total. The molecular formula is C35H47N5O2. The van der Waals surface area contributed by atoms with Gasteiger partial charge in [0.1, 0.15) is 11.6 Å². The molecule has 1 atom stereocenters. The number of benzene rings is 2. The lowest BCUT2D eigenvalue weighted by atomic mass is 9.73. The number of urea groups is 1. The second-order valence-corrected chi connectivity index (χ2v) is 13.3. The molecule has 42 heavy (non-hydrogen) atoms. The standard InChI is InChI=1S/C35H47N5O2/c1-24-11-17-29(18-12-24)40-31(23-30(39-40)35(2,3)4)38-34(42)37-28-15-13-25(14-16-28)32(26-19-21-36-22-20-26)33(41)27-9-7-5-6-8-10-27/h11-18,23,26-27,32,36H,5-10,19-22H2,1-4H3,(H2,37,38,42). The Kier molecular flexibility index (Phi) is 9.47. The maximum Gasteiger partial charge on any atom is 0.324 e. The molecule has 0 radical (unpaired) electrons. The highest BCUT2D eigenvalue weighted by Gasteiger charge is 2.35. The first kappa shape index (κ1) is 30.0. The molecule has 2 aliphatic rings. The number of nitrogens with one attached hydrogen (secondary N) is 3. The Bertz CT molecular complexity index is 1340. The molecule has 7 heteroatoms. The van der Waals surface area contributed by atoms with E-state index in [-0.39, 0.29) is 23.3 Å². The van der Waals surface area contributed by atoms with E-state index in [1.165, 1.54) is 12.8 Å². The molecular weight excluding hydrogens is 522 g/mol. The van der Waals surface area contributed by atoms with Crippen molar-refractivity contribution in [2.45, 2.75) is 90.4 Å². The number of hydrogen-bond acceptors (Lipinski definition) is 4. The highest BCUT2D eigenvalue weighted by Crippen LogP contribution is 2.38. The van der Waals surface area contributed by atoms with Crippen LogP contribution in [0.3, 0.4) is 0 Å². The fourth-order valence-corrected chi connectivity index (χ4v) is 6.44. The van der Waals surface area contributed by atoms with Crippen molar-refractivity contribution in [1.82, 2.24) is 15.1 Å². The third-order valence-electron chi connectivity index (χ3n) is 8.94. The van der Waals surface area contributed by atoms with E-state index in [2.05, 4.69) is 36.7 Å². The quantitative estimate of drug-likeness (QED) is 0.254. The molecule has 224 valence electrons. The minimum atomic E-state index is -0.332. The van der Waals surface area contributed by atoms with Crippen LogP contribution in [0.5, 0.6) is 0 Å². The van der Waals surface area contributed by atoms with Crippen LogP contribution in [0.4, 0.5) is 16.3 Å². The number of aryl methyl sites for hydroxylation is 1. The molecule has 7 nitrogen and oxygen atoms in total. The Morgan fingerprint density at radius 3 is 2.14 bits per heavy atom. The monoisotopic (exact) mass is 569 g/mol. The Balaban J connectivity index is 1.32. The van der Waals surface area contributed by atoms with Gasteiger partial charge in [0.2, 0.25) is 0 Å². The Labute approximate surface area is 250 Å². The molecule has 2 amide bonds. The predicted octanol–water partition coefficient (Wildman–Crippen LogP) is 7.74. The van der Waals surface area contributed by atoms with Crippen LogP contribution in [0, 0.1) is 18.8 Å². The van der Waals surface area contributed by atoms with Crippen LogP contribution in [-0.4, -0.2) is 34.7 Å². The number of piperidine rings is 1. The van der Waals surface area contributed by atoms with E-state index in [0.29, 0.717) is 23.2 Å². The number of carbonyl (C=O) groups excluding carboxylic acids is 2.